The van der Waals surface area contributed by atoms with Gasteiger partial charge in [-0.2, -0.15) is 0 Å². The summed E-state index contributed by atoms with van der Waals surface area (Å²) in [5.41, 5.74) is 0. The Hall–Kier alpha value is -0.570. The molecule has 2 rings (SSSR count). The number of fused-ring (bicyclic) bond motifs is 1. The lowest BCUT2D eigenvalue weighted by molar-refractivity contribution is -0.141. The van der Waals surface area contributed by atoms with Crippen LogP contribution < -0.4 is 0 Å². The molecule has 1 atom stereocenters. The Morgan fingerprint density at radius 3 is 2.86 bits per heavy atom. The van der Waals surface area contributed by atoms with Crippen LogP contribution >= 0.6 is 0 Å². The second kappa shape index (κ2) is 3.89. The number of piperazine rings is 1. The van der Waals surface area contributed by atoms with Crippen molar-refractivity contribution in [2.45, 2.75) is 45.2 Å². The minimum atomic E-state index is 0.318. The van der Waals surface area contributed by atoms with E-state index in [-0.39, 0.29) is 0 Å². The molecule has 3 heteroatoms. The van der Waals surface area contributed by atoms with Gasteiger partial charge in [0.1, 0.15) is 0 Å². The Bertz CT molecular complexity index is 227. The van der Waals surface area contributed by atoms with Gasteiger partial charge in [0.2, 0.25) is 5.91 Å². The van der Waals surface area contributed by atoms with Crippen molar-refractivity contribution < 1.29 is 4.79 Å². The lowest BCUT2D eigenvalue weighted by Crippen LogP contribution is -2.59. The van der Waals surface area contributed by atoms with Crippen molar-refractivity contribution in [3.8, 4) is 0 Å². The molecule has 0 saturated carbocycles. The van der Waals surface area contributed by atoms with Gasteiger partial charge in [0.15, 0.2) is 0 Å². The second-order valence-electron chi connectivity index (χ2n) is 4.76. The van der Waals surface area contributed by atoms with Gasteiger partial charge < -0.3 is 4.90 Å². The summed E-state index contributed by atoms with van der Waals surface area (Å²) < 4.78 is 0. The fourth-order valence-corrected chi connectivity index (χ4v) is 2.57. The first-order valence-electron chi connectivity index (χ1n) is 5.72. The summed E-state index contributed by atoms with van der Waals surface area (Å²) in [5.74, 6) is 0.318. The van der Waals surface area contributed by atoms with Crippen LogP contribution in [0.4, 0.5) is 0 Å². The molecule has 0 aromatic rings. The number of hydrogen-bond donors (Lipinski definition) is 0. The normalized spacial score (nSPS) is 29.5. The molecule has 0 aromatic heterocycles. The average Bonchev–Trinajstić information content (AvgIpc) is 2.16. The molecular formula is C11H20N2O. The van der Waals surface area contributed by atoms with E-state index in [4.69, 9.17) is 0 Å². The quantitative estimate of drug-likeness (QED) is 0.627. The number of nitrogens with zero attached hydrogens (tertiary/aromatic N) is 2. The third-order valence-corrected chi connectivity index (χ3v) is 3.44. The minimum Gasteiger partial charge on any atom is -0.338 e. The number of amides is 1. The Kier molecular flexibility index (Phi) is 2.77. The van der Waals surface area contributed by atoms with E-state index in [9.17, 15) is 4.79 Å². The summed E-state index contributed by atoms with van der Waals surface area (Å²) in [6.45, 7) is 6.95. The summed E-state index contributed by atoms with van der Waals surface area (Å²) in [6, 6.07) is 1.01. The SMILES string of the molecule is CC(C)N1CC2CCCCN2CC1=O. The summed E-state index contributed by atoms with van der Waals surface area (Å²) in [6.07, 6.45) is 3.88. The van der Waals surface area contributed by atoms with Crippen LogP contribution in [-0.2, 0) is 4.79 Å². The van der Waals surface area contributed by atoms with Crippen molar-refractivity contribution in [3.05, 3.63) is 0 Å². The fourth-order valence-electron chi connectivity index (χ4n) is 2.57. The van der Waals surface area contributed by atoms with E-state index in [2.05, 4.69) is 18.7 Å². The average molecular weight is 196 g/mol. The van der Waals surface area contributed by atoms with Gasteiger partial charge in [-0.1, -0.05) is 6.42 Å². The van der Waals surface area contributed by atoms with E-state index in [0.29, 0.717) is 24.5 Å². The van der Waals surface area contributed by atoms with E-state index in [1.54, 1.807) is 0 Å². The Labute approximate surface area is 86.1 Å². The van der Waals surface area contributed by atoms with E-state index >= 15 is 0 Å². The van der Waals surface area contributed by atoms with Gasteiger partial charge in [-0.25, -0.2) is 0 Å². The largest absolute Gasteiger partial charge is 0.338 e. The molecule has 0 N–H and O–H groups in total. The first-order valence-corrected chi connectivity index (χ1v) is 5.72. The molecule has 0 aromatic carbocycles. The molecule has 1 amide bonds. The van der Waals surface area contributed by atoms with Gasteiger partial charge in [0, 0.05) is 18.6 Å². The minimum absolute atomic E-state index is 0.318. The van der Waals surface area contributed by atoms with E-state index in [1.807, 2.05) is 4.90 Å². The van der Waals surface area contributed by atoms with E-state index in [1.165, 1.54) is 19.3 Å². The first-order chi connectivity index (χ1) is 6.68. The van der Waals surface area contributed by atoms with E-state index < -0.39 is 0 Å². The zero-order valence-electron chi connectivity index (χ0n) is 9.20. The Morgan fingerprint density at radius 2 is 2.14 bits per heavy atom. The predicted molar refractivity (Wildman–Crippen MR) is 56.1 cm³/mol. The maximum atomic E-state index is 11.8. The van der Waals surface area contributed by atoms with Crippen molar-refractivity contribution in [2.24, 2.45) is 0 Å². The van der Waals surface area contributed by atoms with Crippen LogP contribution in [0.25, 0.3) is 0 Å². The van der Waals surface area contributed by atoms with Crippen LogP contribution in [0, 0.1) is 0 Å². The number of carbonyl (C=O) groups is 1. The topological polar surface area (TPSA) is 23.6 Å². The van der Waals surface area contributed by atoms with Gasteiger partial charge in [-0.05, 0) is 33.2 Å². The zero-order valence-corrected chi connectivity index (χ0v) is 9.20. The van der Waals surface area contributed by atoms with Crippen molar-refractivity contribution in [1.82, 2.24) is 9.80 Å². The molecule has 80 valence electrons. The summed E-state index contributed by atoms with van der Waals surface area (Å²) >= 11 is 0. The van der Waals surface area contributed by atoms with Crippen molar-refractivity contribution >= 4 is 5.91 Å². The molecule has 0 bridgehead atoms. The van der Waals surface area contributed by atoms with Crippen molar-refractivity contribution in [2.75, 3.05) is 19.6 Å². The second-order valence-corrected chi connectivity index (χ2v) is 4.76. The summed E-state index contributed by atoms with van der Waals surface area (Å²) in [7, 11) is 0. The van der Waals surface area contributed by atoms with Crippen LogP contribution in [0.5, 0.6) is 0 Å². The molecule has 2 fully saturated rings. The van der Waals surface area contributed by atoms with Crippen molar-refractivity contribution in [3.63, 3.8) is 0 Å². The fraction of sp³-hybridized carbons (Fsp3) is 0.909. The van der Waals surface area contributed by atoms with E-state index in [0.717, 1.165) is 13.1 Å². The van der Waals surface area contributed by atoms with Gasteiger partial charge in [-0.15, -0.1) is 0 Å². The molecule has 2 saturated heterocycles. The Balaban J connectivity index is 2.03. The van der Waals surface area contributed by atoms with Gasteiger partial charge in [0.05, 0.1) is 6.54 Å². The smallest absolute Gasteiger partial charge is 0.237 e. The summed E-state index contributed by atoms with van der Waals surface area (Å²) in [4.78, 5) is 16.2. The van der Waals surface area contributed by atoms with Crippen molar-refractivity contribution in [1.29, 1.82) is 0 Å². The molecule has 1 unspecified atom stereocenters. The third-order valence-electron chi connectivity index (χ3n) is 3.44. The maximum absolute atomic E-state index is 11.8. The molecule has 14 heavy (non-hydrogen) atoms. The van der Waals surface area contributed by atoms with Crippen LogP contribution in [0.1, 0.15) is 33.1 Å². The molecule has 2 heterocycles. The van der Waals surface area contributed by atoms with Gasteiger partial charge >= 0.3 is 0 Å². The standard InChI is InChI=1S/C11H20N2O/c1-9(2)13-7-10-5-3-4-6-12(10)8-11(13)14/h9-10H,3-8H2,1-2H3. The third kappa shape index (κ3) is 1.78. The molecule has 2 aliphatic heterocycles. The number of carbonyl (C=O) groups excluding carboxylic acids is 1. The highest BCUT2D eigenvalue weighted by Gasteiger charge is 2.34. The lowest BCUT2D eigenvalue weighted by atomic mass is 9.98. The molecule has 0 aliphatic carbocycles. The first kappa shape index (κ1) is 9.97. The molecule has 0 radical (unpaired) electrons. The highest BCUT2D eigenvalue weighted by atomic mass is 16.2. The predicted octanol–water partition coefficient (Wildman–Crippen LogP) is 1.09. The zero-order chi connectivity index (χ0) is 10.1. The van der Waals surface area contributed by atoms with Crippen LogP contribution in [0.3, 0.4) is 0 Å². The Morgan fingerprint density at radius 1 is 1.36 bits per heavy atom. The van der Waals surface area contributed by atoms with Gasteiger partial charge in [-0.3, -0.25) is 9.69 Å². The van der Waals surface area contributed by atoms with Gasteiger partial charge in [0.25, 0.3) is 0 Å². The molecule has 2 aliphatic rings. The molecule has 0 spiro atoms. The maximum Gasteiger partial charge on any atom is 0.237 e. The monoisotopic (exact) mass is 196 g/mol. The van der Waals surface area contributed by atoms with Crippen LogP contribution in [0.2, 0.25) is 0 Å². The number of hydrogen-bond acceptors (Lipinski definition) is 2. The summed E-state index contributed by atoms with van der Waals surface area (Å²) in [5, 5.41) is 0. The lowest BCUT2D eigenvalue weighted by Gasteiger charge is -2.44. The van der Waals surface area contributed by atoms with Crippen LogP contribution in [0.15, 0.2) is 0 Å². The number of piperidine rings is 1. The highest BCUT2D eigenvalue weighted by molar-refractivity contribution is 5.79. The molecular weight excluding hydrogens is 176 g/mol. The number of rotatable bonds is 1. The van der Waals surface area contributed by atoms with Crippen LogP contribution in [-0.4, -0.2) is 47.4 Å². The molecule has 3 nitrogen and oxygen atoms in total. The highest BCUT2D eigenvalue weighted by Crippen LogP contribution is 2.22.